The lowest BCUT2D eigenvalue weighted by Crippen LogP contribution is -2.01. The molecule has 17 heavy (non-hydrogen) atoms. The van der Waals surface area contributed by atoms with E-state index < -0.39 is 0 Å². The third kappa shape index (κ3) is 3.47. The lowest BCUT2D eigenvalue weighted by molar-refractivity contribution is 0.0997. The lowest BCUT2D eigenvalue weighted by Gasteiger charge is -2.01. The van der Waals surface area contributed by atoms with Crippen LogP contribution < -0.4 is 0 Å². The van der Waals surface area contributed by atoms with Crippen LogP contribution in [0.2, 0.25) is 0 Å². The van der Waals surface area contributed by atoms with E-state index in [1.54, 1.807) is 12.1 Å². The zero-order chi connectivity index (χ0) is 12.4. The molecule has 0 aliphatic rings. The molecule has 0 unspecified atom stereocenters. The van der Waals surface area contributed by atoms with Crippen molar-refractivity contribution in [2.24, 2.45) is 0 Å². The van der Waals surface area contributed by atoms with Gasteiger partial charge in [0.15, 0.2) is 5.78 Å². The van der Waals surface area contributed by atoms with Crippen LogP contribution in [0.4, 0.5) is 4.39 Å². The van der Waals surface area contributed by atoms with Gasteiger partial charge >= 0.3 is 0 Å². The number of carbonyl (C=O) groups is 1. The summed E-state index contributed by atoms with van der Waals surface area (Å²) < 4.78 is 14.7. The van der Waals surface area contributed by atoms with Crippen LogP contribution in [0.25, 0.3) is 0 Å². The Labute approximate surface area is 119 Å². The van der Waals surface area contributed by atoms with E-state index in [-0.39, 0.29) is 18.0 Å². The van der Waals surface area contributed by atoms with Gasteiger partial charge in [-0.05, 0) is 51.8 Å². The molecule has 0 amide bonds. The van der Waals surface area contributed by atoms with Gasteiger partial charge in [-0.15, -0.1) is 11.3 Å². The molecular weight excluding hydrogens is 371 g/mol. The highest BCUT2D eigenvalue weighted by molar-refractivity contribution is 9.11. The van der Waals surface area contributed by atoms with Crippen LogP contribution in [0.3, 0.4) is 0 Å². The van der Waals surface area contributed by atoms with Crippen LogP contribution in [0, 0.1) is 5.82 Å². The van der Waals surface area contributed by atoms with E-state index in [1.165, 1.54) is 23.5 Å². The van der Waals surface area contributed by atoms with Crippen molar-refractivity contribution in [1.29, 1.82) is 0 Å². The number of ketones is 1. The Kier molecular flexibility index (Phi) is 4.12. The van der Waals surface area contributed by atoms with Gasteiger partial charge in [0.25, 0.3) is 0 Å². The van der Waals surface area contributed by atoms with Gasteiger partial charge in [0.05, 0.1) is 8.66 Å². The Morgan fingerprint density at radius 1 is 1.24 bits per heavy atom. The van der Waals surface area contributed by atoms with E-state index >= 15 is 0 Å². The van der Waals surface area contributed by atoms with E-state index in [0.717, 1.165) is 3.79 Å². The topological polar surface area (TPSA) is 17.1 Å². The van der Waals surface area contributed by atoms with Crippen molar-refractivity contribution >= 4 is 49.0 Å². The van der Waals surface area contributed by atoms with E-state index in [0.29, 0.717) is 14.9 Å². The number of carbonyl (C=O) groups excluding carboxylic acids is 1. The third-order valence-corrected chi connectivity index (χ3v) is 4.26. The molecule has 5 heteroatoms. The van der Waals surface area contributed by atoms with Crippen LogP contribution >= 0.6 is 43.2 Å². The predicted octanol–water partition coefficient (Wildman–Crippen LogP) is 4.84. The number of thiophene rings is 1. The van der Waals surface area contributed by atoms with Crippen molar-refractivity contribution < 1.29 is 9.18 Å². The molecule has 1 aromatic heterocycles. The third-order valence-electron chi connectivity index (χ3n) is 2.14. The highest BCUT2D eigenvalue weighted by Gasteiger charge is 2.10. The Hall–Kier alpha value is -0.520. The molecule has 0 bridgehead atoms. The largest absolute Gasteiger partial charge is 0.293 e. The van der Waals surface area contributed by atoms with Gasteiger partial charge in [0.2, 0.25) is 0 Å². The highest BCUT2D eigenvalue weighted by Crippen LogP contribution is 2.24. The summed E-state index contributed by atoms with van der Waals surface area (Å²) in [7, 11) is 0. The van der Waals surface area contributed by atoms with Gasteiger partial charge in [-0.1, -0.05) is 15.9 Å². The van der Waals surface area contributed by atoms with Crippen LogP contribution in [-0.4, -0.2) is 5.78 Å². The zero-order valence-electron chi connectivity index (χ0n) is 8.54. The molecule has 1 aromatic carbocycles. The molecule has 2 rings (SSSR count). The second kappa shape index (κ2) is 5.42. The summed E-state index contributed by atoms with van der Waals surface area (Å²) in [5.41, 5.74) is 0.673. The second-order valence-electron chi connectivity index (χ2n) is 3.48. The maximum atomic E-state index is 13.1. The van der Waals surface area contributed by atoms with Crippen molar-refractivity contribution in [2.75, 3.05) is 0 Å². The average Bonchev–Trinajstić information content (AvgIpc) is 2.63. The summed E-state index contributed by atoms with van der Waals surface area (Å²) in [6.45, 7) is 0. The van der Waals surface area contributed by atoms with Gasteiger partial charge in [0.1, 0.15) is 5.82 Å². The molecule has 88 valence electrons. The molecule has 0 N–H and O–H groups in total. The number of rotatable bonds is 3. The molecule has 2 aromatic rings. The molecule has 1 heterocycles. The van der Waals surface area contributed by atoms with E-state index in [1.807, 2.05) is 6.07 Å². The van der Waals surface area contributed by atoms with Gasteiger partial charge in [-0.3, -0.25) is 4.79 Å². The number of halogens is 3. The van der Waals surface area contributed by atoms with Gasteiger partial charge in [0, 0.05) is 10.9 Å². The summed E-state index contributed by atoms with van der Waals surface area (Å²) in [5.74, 6) is -0.340. The first-order valence-electron chi connectivity index (χ1n) is 4.78. The van der Waals surface area contributed by atoms with Gasteiger partial charge in [-0.25, -0.2) is 4.39 Å². The Bertz CT molecular complexity index is 545. The monoisotopic (exact) mass is 376 g/mol. The molecule has 0 saturated carbocycles. The fourth-order valence-electron chi connectivity index (χ4n) is 1.45. The summed E-state index contributed by atoms with van der Waals surface area (Å²) in [6, 6.07) is 8.11. The molecule has 0 saturated heterocycles. The van der Waals surface area contributed by atoms with Crippen molar-refractivity contribution in [2.45, 2.75) is 6.42 Å². The molecule has 0 spiro atoms. The van der Waals surface area contributed by atoms with Crippen LogP contribution in [-0.2, 0) is 6.42 Å². The fourth-order valence-corrected chi connectivity index (χ4v) is 3.29. The van der Waals surface area contributed by atoms with E-state index in [4.69, 9.17) is 0 Å². The minimum atomic E-state index is -0.338. The van der Waals surface area contributed by atoms with Crippen LogP contribution in [0.15, 0.2) is 38.6 Å². The smallest absolute Gasteiger partial charge is 0.177 e. The van der Waals surface area contributed by atoms with Crippen molar-refractivity contribution in [3.63, 3.8) is 0 Å². The standard InChI is InChI=1S/C12H7Br2FOS/c13-8-3-7(4-9(15)6-8)5-10(16)11-1-2-12(14)17-11/h1-4,6H,5H2. The Morgan fingerprint density at radius 2 is 2.00 bits per heavy atom. The molecule has 0 aliphatic carbocycles. The van der Waals surface area contributed by atoms with Crippen molar-refractivity contribution in [3.8, 4) is 0 Å². The lowest BCUT2D eigenvalue weighted by atomic mass is 10.1. The molecule has 1 nitrogen and oxygen atoms in total. The van der Waals surface area contributed by atoms with Gasteiger partial charge < -0.3 is 0 Å². The number of Topliss-reactive ketones (excluding diaryl/α,β-unsaturated/α-hetero) is 1. The average molecular weight is 378 g/mol. The number of benzene rings is 1. The minimum Gasteiger partial charge on any atom is -0.293 e. The molecular formula is C12H7Br2FOS. The highest BCUT2D eigenvalue weighted by atomic mass is 79.9. The first-order chi connectivity index (χ1) is 8.04. The molecule has 0 atom stereocenters. The Balaban J connectivity index is 2.18. The van der Waals surface area contributed by atoms with Crippen LogP contribution in [0.1, 0.15) is 15.2 Å². The summed E-state index contributed by atoms with van der Waals surface area (Å²) in [6.07, 6.45) is 0.212. The minimum absolute atomic E-state index is 0.00167. The van der Waals surface area contributed by atoms with E-state index in [2.05, 4.69) is 31.9 Å². The quantitative estimate of drug-likeness (QED) is 0.699. The van der Waals surface area contributed by atoms with Crippen LogP contribution in [0.5, 0.6) is 0 Å². The first-order valence-corrected chi connectivity index (χ1v) is 7.18. The zero-order valence-corrected chi connectivity index (χ0v) is 12.5. The second-order valence-corrected chi connectivity index (χ2v) is 6.86. The summed E-state index contributed by atoms with van der Waals surface area (Å²) in [4.78, 5) is 12.6. The summed E-state index contributed by atoms with van der Waals surface area (Å²) >= 11 is 7.90. The molecule has 0 fully saturated rings. The van der Waals surface area contributed by atoms with Crippen molar-refractivity contribution in [1.82, 2.24) is 0 Å². The maximum absolute atomic E-state index is 13.1. The predicted molar refractivity (Wildman–Crippen MR) is 74.2 cm³/mol. The fraction of sp³-hybridized carbons (Fsp3) is 0.0833. The van der Waals surface area contributed by atoms with Crippen molar-refractivity contribution in [3.05, 3.63) is 54.8 Å². The number of hydrogen-bond acceptors (Lipinski definition) is 2. The van der Waals surface area contributed by atoms with Gasteiger partial charge in [-0.2, -0.15) is 0 Å². The Morgan fingerprint density at radius 3 is 2.59 bits per heavy atom. The summed E-state index contributed by atoms with van der Waals surface area (Å²) in [5, 5.41) is 0. The molecule has 0 radical (unpaired) electrons. The maximum Gasteiger partial charge on any atom is 0.177 e. The number of hydrogen-bond donors (Lipinski definition) is 0. The van der Waals surface area contributed by atoms with E-state index in [9.17, 15) is 9.18 Å². The first kappa shape index (κ1) is 12.9. The SMILES string of the molecule is O=C(Cc1cc(F)cc(Br)c1)c1ccc(Br)s1. The normalized spacial score (nSPS) is 10.5. The molecule has 0 aliphatic heterocycles.